The van der Waals surface area contributed by atoms with E-state index in [1.807, 2.05) is 0 Å². The molecule has 1 aliphatic carbocycles. The van der Waals surface area contributed by atoms with E-state index in [1.54, 1.807) is 28.6 Å². The van der Waals surface area contributed by atoms with Crippen LogP contribution in [0.25, 0.3) is 0 Å². The fourth-order valence-corrected chi connectivity index (χ4v) is 5.61. The lowest BCUT2D eigenvalue weighted by atomic mass is 9.95. The van der Waals surface area contributed by atoms with Crippen molar-refractivity contribution in [2.24, 2.45) is 0 Å². The number of amides is 1. The van der Waals surface area contributed by atoms with E-state index in [-0.39, 0.29) is 16.8 Å². The summed E-state index contributed by atoms with van der Waals surface area (Å²) in [5, 5.41) is 2.66. The number of sulfonamides is 1. The van der Waals surface area contributed by atoms with Crippen LogP contribution in [0.2, 0.25) is 0 Å². The predicted octanol–water partition coefficient (Wildman–Crippen LogP) is 2.88. The molecule has 0 saturated carbocycles. The van der Waals surface area contributed by atoms with E-state index in [4.69, 9.17) is 0 Å². The Balaban J connectivity index is 1.67. The van der Waals surface area contributed by atoms with Crippen molar-refractivity contribution in [2.75, 3.05) is 11.9 Å². The second-order valence-corrected chi connectivity index (χ2v) is 8.51. The molecule has 1 aliphatic heterocycles. The Kier molecular flexibility index (Phi) is 3.89. The van der Waals surface area contributed by atoms with Gasteiger partial charge in [-0.15, -0.1) is 0 Å². The number of benzene rings is 2. The van der Waals surface area contributed by atoms with Gasteiger partial charge >= 0.3 is 0 Å². The number of rotatable bonds is 3. The van der Waals surface area contributed by atoms with Crippen LogP contribution in [0.1, 0.15) is 36.1 Å². The zero-order valence-corrected chi connectivity index (χ0v) is 14.8. The van der Waals surface area contributed by atoms with Gasteiger partial charge in [0.05, 0.1) is 10.9 Å². The number of aryl methyl sites for hydroxylation is 1. The molecule has 1 amide bonds. The third kappa shape index (κ3) is 2.75. The summed E-state index contributed by atoms with van der Waals surface area (Å²) in [6, 6.07) is 12.6. The minimum Gasteiger partial charge on any atom is -0.326 e. The van der Waals surface area contributed by atoms with E-state index < -0.39 is 10.0 Å². The number of carbonyl (C=O) groups is 1. The fraction of sp³-hybridized carbons (Fsp3) is 0.316. The van der Waals surface area contributed by atoms with Crippen LogP contribution >= 0.6 is 0 Å². The van der Waals surface area contributed by atoms with E-state index >= 15 is 0 Å². The van der Waals surface area contributed by atoms with Gasteiger partial charge in [-0.3, -0.25) is 4.79 Å². The van der Waals surface area contributed by atoms with Gasteiger partial charge in [-0.1, -0.05) is 18.2 Å². The molecule has 130 valence electrons. The molecule has 4 rings (SSSR count). The Hall–Kier alpha value is -2.18. The number of nitrogens with one attached hydrogen (secondary N) is 1. The van der Waals surface area contributed by atoms with Gasteiger partial charge in [0.1, 0.15) is 0 Å². The highest BCUT2D eigenvalue weighted by molar-refractivity contribution is 7.89. The second kappa shape index (κ2) is 5.97. The lowest BCUT2D eigenvalue weighted by Crippen LogP contribution is -2.39. The first kappa shape index (κ1) is 16.3. The van der Waals surface area contributed by atoms with Crippen LogP contribution in [0.4, 0.5) is 5.69 Å². The molecule has 0 bridgehead atoms. The zero-order valence-electron chi connectivity index (χ0n) is 14.0. The number of carbonyl (C=O) groups excluding carboxylic acids is 1. The number of nitrogens with zero attached hydrogens (tertiary/aromatic N) is 1. The van der Waals surface area contributed by atoms with E-state index in [0.717, 1.165) is 19.3 Å². The molecular weight excluding hydrogens is 336 g/mol. The molecule has 6 heteroatoms. The third-order valence-corrected chi connectivity index (χ3v) is 6.96. The van der Waals surface area contributed by atoms with Crippen LogP contribution in [0.15, 0.2) is 47.4 Å². The lowest BCUT2D eigenvalue weighted by Gasteiger charge is -2.34. The molecule has 2 aromatic carbocycles. The summed E-state index contributed by atoms with van der Waals surface area (Å²) in [5.41, 5.74) is 4.38. The quantitative estimate of drug-likeness (QED) is 0.920. The van der Waals surface area contributed by atoms with Gasteiger partial charge in [-0.25, -0.2) is 8.42 Å². The Morgan fingerprint density at radius 1 is 1.08 bits per heavy atom. The molecule has 0 saturated heterocycles. The standard InChI is InChI=1S/C19H20N2O3S/c1-13(22)20-16-6-8-17(9-7-16)25(23,24)21-12-11-15-4-2-3-14-5-10-18(21)19(14)15/h2-4,6-9,18H,5,10-12H2,1H3,(H,20,22). The Morgan fingerprint density at radius 2 is 1.76 bits per heavy atom. The molecule has 2 aliphatic rings. The summed E-state index contributed by atoms with van der Waals surface area (Å²) >= 11 is 0. The van der Waals surface area contributed by atoms with Gasteiger partial charge in [-0.05, 0) is 60.2 Å². The Bertz CT molecular complexity index is 936. The van der Waals surface area contributed by atoms with Crippen molar-refractivity contribution in [3.63, 3.8) is 0 Å². The molecule has 0 fully saturated rings. The topological polar surface area (TPSA) is 66.5 Å². The monoisotopic (exact) mass is 356 g/mol. The van der Waals surface area contributed by atoms with Gasteiger partial charge in [0.2, 0.25) is 15.9 Å². The first-order valence-electron chi connectivity index (χ1n) is 8.47. The first-order valence-corrected chi connectivity index (χ1v) is 9.91. The number of hydrogen-bond acceptors (Lipinski definition) is 3. The van der Waals surface area contributed by atoms with Crippen LogP contribution in [0, 0.1) is 0 Å². The summed E-state index contributed by atoms with van der Waals surface area (Å²) in [4.78, 5) is 11.4. The molecule has 1 heterocycles. The molecule has 2 aromatic rings. The molecule has 0 spiro atoms. The van der Waals surface area contributed by atoms with E-state index in [1.165, 1.54) is 23.6 Å². The van der Waals surface area contributed by atoms with Crippen molar-refractivity contribution >= 4 is 21.6 Å². The number of anilines is 1. The van der Waals surface area contributed by atoms with Crippen LogP contribution in [0.5, 0.6) is 0 Å². The molecular formula is C19H20N2O3S. The first-order chi connectivity index (χ1) is 12.0. The Morgan fingerprint density at radius 3 is 2.44 bits per heavy atom. The minimum absolute atomic E-state index is 0.0556. The molecule has 1 atom stereocenters. The van der Waals surface area contributed by atoms with Crippen LogP contribution in [-0.4, -0.2) is 25.2 Å². The molecule has 0 aromatic heterocycles. The maximum atomic E-state index is 13.2. The summed E-state index contributed by atoms with van der Waals surface area (Å²) < 4.78 is 28.0. The van der Waals surface area contributed by atoms with Crippen molar-refractivity contribution in [1.29, 1.82) is 0 Å². The molecule has 25 heavy (non-hydrogen) atoms. The maximum absolute atomic E-state index is 13.2. The zero-order chi connectivity index (χ0) is 17.6. The highest BCUT2D eigenvalue weighted by Crippen LogP contribution is 2.43. The van der Waals surface area contributed by atoms with Gasteiger partial charge in [0, 0.05) is 19.2 Å². The van der Waals surface area contributed by atoms with Crippen LogP contribution < -0.4 is 5.32 Å². The van der Waals surface area contributed by atoms with Crippen molar-refractivity contribution in [2.45, 2.75) is 37.1 Å². The van der Waals surface area contributed by atoms with Crippen molar-refractivity contribution in [1.82, 2.24) is 4.31 Å². The highest BCUT2D eigenvalue weighted by Gasteiger charge is 2.39. The van der Waals surface area contributed by atoms with Gasteiger partial charge in [0.25, 0.3) is 0 Å². The smallest absolute Gasteiger partial charge is 0.243 e. The molecule has 1 N–H and O–H groups in total. The summed E-state index contributed by atoms with van der Waals surface area (Å²) in [7, 11) is -3.56. The normalized spacial score (nSPS) is 19.5. The van der Waals surface area contributed by atoms with E-state index in [9.17, 15) is 13.2 Å². The predicted molar refractivity (Wildman–Crippen MR) is 95.8 cm³/mol. The largest absolute Gasteiger partial charge is 0.326 e. The van der Waals surface area contributed by atoms with Gasteiger partial charge in [0.15, 0.2) is 0 Å². The summed E-state index contributed by atoms with van der Waals surface area (Å²) in [6.07, 6.45) is 2.53. The number of hydrogen-bond donors (Lipinski definition) is 1. The van der Waals surface area contributed by atoms with E-state index in [0.29, 0.717) is 12.2 Å². The average molecular weight is 356 g/mol. The van der Waals surface area contributed by atoms with Crippen molar-refractivity contribution in [3.8, 4) is 0 Å². The van der Waals surface area contributed by atoms with Gasteiger partial charge in [-0.2, -0.15) is 4.31 Å². The third-order valence-electron chi connectivity index (χ3n) is 5.04. The second-order valence-electron chi connectivity index (χ2n) is 6.62. The minimum atomic E-state index is -3.56. The SMILES string of the molecule is CC(=O)Nc1ccc(S(=O)(=O)N2CCc3cccc4c3C2CC4)cc1. The maximum Gasteiger partial charge on any atom is 0.243 e. The summed E-state index contributed by atoms with van der Waals surface area (Å²) in [5.74, 6) is -0.179. The molecule has 5 nitrogen and oxygen atoms in total. The van der Waals surface area contributed by atoms with Crippen LogP contribution in [-0.2, 0) is 27.7 Å². The van der Waals surface area contributed by atoms with E-state index in [2.05, 4.69) is 23.5 Å². The van der Waals surface area contributed by atoms with Gasteiger partial charge < -0.3 is 5.32 Å². The highest BCUT2D eigenvalue weighted by atomic mass is 32.2. The summed E-state index contributed by atoms with van der Waals surface area (Å²) in [6.45, 7) is 1.93. The Labute approximate surface area is 147 Å². The fourth-order valence-electron chi connectivity index (χ4n) is 3.98. The molecule has 1 unspecified atom stereocenters. The van der Waals surface area contributed by atoms with Crippen molar-refractivity contribution < 1.29 is 13.2 Å². The van der Waals surface area contributed by atoms with Crippen molar-refractivity contribution in [3.05, 3.63) is 59.2 Å². The lowest BCUT2D eigenvalue weighted by molar-refractivity contribution is -0.114. The average Bonchev–Trinajstić information content (AvgIpc) is 3.01. The molecule has 0 radical (unpaired) electrons. The van der Waals surface area contributed by atoms with Crippen LogP contribution in [0.3, 0.4) is 0 Å².